The van der Waals surface area contributed by atoms with Crippen molar-refractivity contribution < 1.29 is 9.53 Å². The summed E-state index contributed by atoms with van der Waals surface area (Å²) in [7, 11) is 1.65. The van der Waals surface area contributed by atoms with E-state index < -0.39 is 5.54 Å². The van der Waals surface area contributed by atoms with Gasteiger partial charge in [-0.1, -0.05) is 36.4 Å². The maximum absolute atomic E-state index is 13.2. The van der Waals surface area contributed by atoms with E-state index in [2.05, 4.69) is 10.2 Å². The van der Waals surface area contributed by atoms with Gasteiger partial charge in [0, 0.05) is 11.5 Å². The lowest BCUT2D eigenvalue weighted by Crippen LogP contribution is -2.44. The molecule has 1 heterocycles. The highest BCUT2D eigenvalue weighted by atomic mass is 16.5. The molecule has 4 heteroatoms. The van der Waals surface area contributed by atoms with E-state index in [4.69, 9.17) is 4.74 Å². The summed E-state index contributed by atoms with van der Waals surface area (Å²) in [6.07, 6.45) is 1.59. The molecule has 116 valence electrons. The second kappa shape index (κ2) is 5.30. The number of nitrogens with zero attached hydrogens (tertiary/aromatic N) is 2. The molecule has 2 aromatic carbocycles. The molecule has 2 atom stereocenters. The van der Waals surface area contributed by atoms with E-state index in [9.17, 15) is 4.79 Å². The first-order valence-electron chi connectivity index (χ1n) is 7.90. The number of ketones is 1. The molecule has 2 aromatic rings. The number of rotatable bonds is 2. The van der Waals surface area contributed by atoms with E-state index in [1.54, 1.807) is 7.11 Å². The molecular formula is C19H18N2O2. The van der Waals surface area contributed by atoms with Gasteiger partial charge in [-0.05, 0) is 36.1 Å². The van der Waals surface area contributed by atoms with E-state index >= 15 is 0 Å². The molecule has 0 bridgehead atoms. The third-order valence-electron chi connectivity index (χ3n) is 5.04. The lowest BCUT2D eigenvalue weighted by Gasteiger charge is -2.34. The maximum atomic E-state index is 13.2. The van der Waals surface area contributed by atoms with Crippen molar-refractivity contribution in [3.05, 3.63) is 65.2 Å². The van der Waals surface area contributed by atoms with Crippen LogP contribution in [0.15, 0.2) is 58.8 Å². The number of fused-ring (bicyclic) bond motifs is 1. The van der Waals surface area contributed by atoms with Crippen molar-refractivity contribution in [1.82, 2.24) is 0 Å². The number of aryl methyl sites for hydroxylation is 1. The summed E-state index contributed by atoms with van der Waals surface area (Å²) < 4.78 is 5.22. The molecule has 0 saturated carbocycles. The number of carbonyl (C=O) groups excluding carboxylic acids is 1. The highest BCUT2D eigenvalue weighted by Crippen LogP contribution is 2.45. The Labute approximate surface area is 135 Å². The summed E-state index contributed by atoms with van der Waals surface area (Å²) in [6, 6.07) is 15.8. The van der Waals surface area contributed by atoms with Crippen LogP contribution in [-0.2, 0) is 6.42 Å². The first kappa shape index (κ1) is 14.1. The number of hydrogen-bond acceptors (Lipinski definition) is 4. The first-order chi connectivity index (χ1) is 11.2. The Hall–Kier alpha value is -2.49. The Balaban J connectivity index is 1.74. The fraction of sp³-hybridized carbons (Fsp3) is 0.316. The molecule has 0 N–H and O–H groups in total. The van der Waals surface area contributed by atoms with Gasteiger partial charge in [0.1, 0.15) is 5.75 Å². The highest BCUT2D eigenvalue weighted by molar-refractivity contribution is 6.06. The predicted octanol–water partition coefficient (Wildman–Crippen LogP) is 3.81. The maximum Gasteiger partial charge on any atom is 0.193 e. The van der Waals surface area contributed by atoms with Crippen molar-refractivity contribution in [1.29, 1.82) is 0 Å². The van der Waals surface area contributed by atoms with Gasteiger partial charge in [0.05, 0.1) is 13.7 Å². The monoisotopic (exact) mass is 306 g/mol. The fourth-order valence-corrected chi connectivity index (χ4v) is 3.75. The van der Waals surface area contributed by atoms with Crippen molar-refractivity contribution in [2.75, 3.05) is 13.7 Å². The van der Waals surface area contributed by atoms with Gasteiger partial charge in [-0.2, -0.15) is 10.2 Å². The topological polar surface area (TPSA) is 51.0 Å². The molecule has 23 heavy (non-hydrogen) atoms. The molecule has 4 rings (SSSR count). The van der Waals surface area contributed by atoms with Crippen LogP contribution in [0.1, 0.15) is 33.8 Å². The first-order valence-corrected chi connectivity index (χ1v) is 7.90. The van der Waals surface area contributed by atoms with E-state index in [-0.39, 0.29) is 11.7 Å². The van der Waals surface area contributed by atoms with Gasteiger partial charge in [0.2, 0.25) is 0 Å². The number of methoxy groups -OCH3 is 1. The van der Waals surface area contributed by atoms with E-state index in [0.717, 1.165) is 35.3 Å². The van der Waals surface area contributed by atoms with Crippen molar-refractivity contribution in [3.8, 4) is 5.75 Å². The lowest BCUT2D eigenvalue weighted by atomic mass is 9.68. The molecule has 0 aromatic heterocycles. The molecule has 1 aliphatic heterocycles. The van der Waals surface area contributed by atoms with Gasteiger partial charge in [0.15, 0.2) is 11.3 Å². The Morgan fingerprint density at radius 3 is 2.70 bits per heavy atom. The van der Waals surface area contributed by atoms with Crippen LogP contribution in [-0.4, -0.2) is 25.0 Å². The highest BCUT2D eigenvalue weighted by Gasteiger charge is 2.52. The van der Waals surface area contributed by atoms with Crippen LogP contribution in [0.25, 0.3) is 0 Å². The van der Waals surface area contributed by atoms with Crippen LogP contribution >= 0.6 is 0 Å². The molecule has 0 amide bonds. The van der Waals surface area contributed by atoms with Crippen molar-refractivity contribution >= 4 is 5.78 Å². The van der Waals surface area contributed by atoms with Gasteiger partial charge < -0.3 is 4.74 Å². The zero-order chi connectivity index (χ0) is 15.9. The molecule has 0 fully saturated rings. The molecule has 1 spiro atoms. The minimum atomic E-state index is -0.733. The minimum Gasteiger partial charge on any atom is -0.497 e. The van der Waals surface area contributed by atoms with Gasteiger partial charge in [-0.3, -0.25) is 4.79 Å². The Bertz CT molecular complexity index is 782. The van der Waals surface area contributed by atoms with Crippen LogP contribution < -0.4 is 4.74 Å². The molecule has 2 aliphatic rings. The third kappa shape index (κ3) is 2.09. The Morgan fingerprint density at radius 1 is 1.13 bits per heavy atom. The largest absolute Gasteiger partial charge is 0.497 e. The van der Waals surface area contributed by atoms with Crippen LogP contribution in [0.4, 0.5) is 0 Å². The van der Waals surface area contributed by atoms with Gasteiger partial charge in [-0.15, -0.1) is 0 Å². The van der Waals surface area contributed by atoms with Gasteiger partial charge >= 0.3 is 0 Å². The lowest BCUT2D eigenvalue weighted by molar-refractivity contribution is 0.0853. The summed E-state index contributed by atoms with van der Waals surface area (Å²) in [5, 5.41) is 8.71. The SMILES string of the molecule is COc1ccc([C@@H]2CN=N[C@@]23CCc2ccccc2C3=O)cc1. The van der Waals surface area contributed by atoms with Gasteiger partial charge in [-0.25, -0.2) is 0 Å². The molecule has 4 nitrogen and oxygen atoms in total. The number of ether oxygens (including phenoxy) is 1. The molecule has 0 saturated heterocycles. The Kier molecular flexibility index (Phi) is 3.26. The van der Waals surface area contributed by atoms with Crippen molar-refractivity contribution in [2.45, 2.75) is 24.3 Å². The van der Waals surface area contributed by atoms with E-state index in [0.29, 0.717) is 6.54 Å². The van der Waals surface area contributed by atoms with E-state index in [1.807, 2.05) is 48.5 Å². The summed E-state index contributed by atoms with van der Waals surface area (Å²) >= 11 is 0. The fourth-order valence-electron chi connectivity index (χ4n) is 3.75. The summed E-state index contributed by atoms with van der Waals surface area (Å²) in [5.41, 5.74) is 2.29. The summed E-state index contributed by atoms with van der Waals surface area (Å²) in [5.74, 6) is 0.936. The molecule has 0 unspecified atom stereocenters. The standard InChI is InChI=1S/C19H18N2O2/c1-23-15-8-6-14(7-9-15)17-12-20-21-19(17)11-10-13-4-2-3-5-16(13)18(19)22/h2-9,17H,10-12H2,1H3/t17-,19-/m0/s1. The average Bonchev–Trinajstić information content (AvgIpc) is 3.03. The average molecular weight is 306 g/mol. The number of azo groups is 1. The summed E-state index contributed by atoms with van der Waals surface area (Å²) in [6.45, 7) is 0.570. The van der Waals surface area contributed by atoms with Crippen LogP contribution in [0.3, 0.4) is 0 Å². The molecular weight excluding hydrogens is 288 g/mol. The number of hydrogen-bond donors (Lipinski definition) is 0. The number of Topliss-reactive ketones (excluding diaryl/α,β-unsaturated/α-hetero) is 1. The molecule has 0 radical (unpaired) electrons. The number of benzene rings is 2. The predicted molar refractivity (Wildman–Crippen MR) is 87.3 cm³/mol. The van der Waals surface area contributed by atoms with Gasteiger partial charge in [0.25, 0.3) is 0 Å². The zero-order valence-electron chi connectivity index (χ0n) is 13.0. The normalized spacial score (nSPS) is 25.6. The quantitative estimate of drug-likeness (QED) is 0.847. The van der Waals surface area contributed by atoms with Crippen molar-refractivity contribution in [2.24, 2.45) is 10.2 Å². The second-order valence-corrected chi connectivity index (χ2v) is 6.16. The zero-order valence-corrected chi connectivity index (χ0v) is 13.0. The third-order valence-corrected chi connectivity index (χ3v) is 5.04. The van der Waals surface area contributed by atoms with Crippen LogP contribution in [0.2, 0.25) is 0 Å². The summed E-state index contributed by atoms with van der Waals surface area (Å²) in [4.78, 5) is 13.2. The van der Waals surface area contributed by atoms with E-state index in [1.165, 1.54) is 0 Å². The van der Waals surface area contributed by atoms with Crippen LogP contribution in [0.5, 0.6) is 5.75 Å². The number of carbonyl (C=O) groups is 1. The Morgan fingerprint density at radius 2 is 1.91 bits per heavy atom. The minimum absolute atomic E-state index is 0.00858. The molecule has 1 aliphatic carbocycles. The second-order valence-electron chi connectivity index (χ2n) is 6.16. The smallest absolute Gasteiger partial charge is 0.193 e. The van der Waals surface area contributed by atoms with Crippen LogP contribution in [0, 0.1) is 0 Å². The van der Waals surface area contributed by atoms with Crippen molar-refractivity contribution in [3.63, 3.8) is 0 Å².